The number of likely N-dealkylation sites (tertiary alicyclic amines) is 1. The normalized spacial score (nSPS) is 16.5. The van der Waals surface area contributed by atoms with E-state index in [1.165, 1.54) is 10.1 Å². The molecule has 2 heterocycles. The van der Waals surface area contributed by atoms with Gasteiger partial charge < -0.3 is 9.72 Å². The molecule has 3 aromatic rings. The van der Waals surface area contributed by atoms with Crippen LogP contribution in [0.15, 0.2) is 68.7 Å². The first-order valence-electron chi connectivity index (χ1n) is 10.4. The quantitative estimate of drug-likeness (QED) is 0.558. The lowest BCUT2D eigenvalue weighted by atomic mass is 9.98. The molecule has 1 fully saturated rings. The zero-order valence-electron chi connectivity index (χ0n) is 17.5. The fourth-order valence-corrected chi connectivity index (χ4v) is 4.59. The van der Waals surface area contributed by atoms with Crippen molar-refractivity contribution in [1.82, 2.24) is 14.5 Å². The van der Waals surface area contributed by atoms with E-state index in [9.17, 15) is 9.59 Å². The number of ether oxygens (including phenoxy) is 1. The van der Waals surface area contributed by atoms with Gasteiger partial charge >= 0.3 is 5.69 Å². The number of halogens is 1. The first kappa shape index (κ1) is 21.6. The summed E-state index contributed by atoms with van der Waals surface area (Å²) >= 11 is 3.64. The van der Waals surface area contributed by atoms with Crippen molar-refractivity contribution in [3.63, 3.8) is 0 Å². The fraction of sp³-hybridized carbons (Fsp3) is 0.333. The number of nitrogens with zero attached hydrogens (tertiary/aromatic N) is 2. The first-order chi connectivity index (χ1) is 15.0. The molecule has 1 aliphatic rings. The summed E-state index contributed by atoms with van der Waals surface area (Å²) in [5.74, 6) is 1.38. The average Bonchev–Trinajstić information content (AvgIpc) is 3.20. The highest BCUT2D eigenvalue weighted by Gasteiger charge is 2.24. The van der Waals surface area contributed by atoms with E-state index in [-0.39, 0.29) is 17.8 Å². The van der Waals surface area contributed by atoms with Crippen molar-refractivity contribution in [1.29, 1.82) is 0 Å². The molecule has 162 valence electrons. The second-order valence-corrected chi connectivity index (χ2v) is 8.92. The number of H-pyrrole nitrogens is 1. The van der Waals surface area contributed by atoms with E-state index in [2.05, 4.69) is 31.9 Å². The zero-order chi connectivity index (χ0) is 21.8. The van der Waals surface area contributed by atoms with Crippen LogP contribution in [0.2, 0.25) is 0 Å². The van der Waals surface area contributed by atoms with Gasteiger partial charge in [0.2, 0.25) is 0 Å². The number of hydrogen-bond acceptors (Lipinski definition) is 4. The van der Waals surface area contributed by atoms with E-state index < -0.39 is 0 Å². The van der Waals surface area contributed by atoms with Crippen LogP contribution in [0.25, 0.3) is 0 Å². The van der Waals surface area contributed by atoms with Gasteiger partial charge in [-0.15, -0.1) is 0 Å². The van der Waals surface area contributed by atoms with Gasteiger partial charge in [-0.05, 0) is 54.6 Å². The second-order valence-electron chi connectivity index (χ2n) is 8.06. The van der Waals surface area contributed by atoms with Gasteiger partial charge in [0.05, 0.1) is 13.7 Å². The number of hydrogen-bond donors (Lipinski definition) is 1. The summed E-state index contributed by atoms with van der Waals surface area (Å²) in [6, 6.07) is 17.1. The molecule has 4 rings (SSSR count). The van der Waals surface area contributed by atoms with Crippen LogP contribution >= 0.6 is 15.9 Å². The van der Waals surface area contributed by atoms with Gasteiger partial charge in [0.15, 0.2) is 0 Å². The van der Waals surface area contributed by atoms with E-state index in [0.717, 1.165) is 41.7 Å². The highest BCUT2D eigenvalue weighted by atomic mass is 79.9. The molecule has 1 unspecified atom stereocenters. The van der Waals surface area contributed by atoms with Crippen molar-refractivity contribution in [2.24, 2.45) is 5.92 Å². The Hall–Kier alpha value is -2.64. The van der Waals surface area contributed by atoms with Crippen LogP contribution in [0.3, 0.4) is 0 Å². The summed E-state index contributed by atoms with van der Waals surface area (Å²) in [6.07, 6.45) is 2.04. The number of nitrogens with one attached hydrogen (secondary N) is 1. The topological polar surface area (TPSA) is 67.3 Å². The lowest BCUT2D eigenvalue weighted by Crippen LogP contribution is -2.37. The van der Waals surface area contributed by atoms with Gasteiger partial charge in [-0.25, -0.2) is 4.79 Å². The lowest BCUT2D eigenvalue weighted by molar-refractivity contribution is 0.311. The standard InChI is InChI=1S/C24H26BrN3O3/c1-31-21-7-8-22(25)19(12-21)11-18-9-10-27(14-18)16-20-13-23(29)28(24(30)26-20)15-17-5-3-2-4-6-17/h2-8,12-13,18H,9-11,14-16H2,1H3,(H,26,30). The zero-order valence-corrected chi connectivity index (χ0v) is 19.1. The van der Waals surface area contributed by atoms with Crippen molar-refractivity contribution < 1.29 is 4.74 Å². The molecule has 1 atom stereocenters. The van der Waals surface area contributed by atoms with Crippen LogP contribution in [0.4, 0.5) is 0 Å². The summed E-state index contributed by atoms with van der Waals surface area (Å²) in [6.45, 7) is 2.73. The van der Waals surface area contributed by atoms with Gasteiger partial charge in [0, 0.05) is 29.3 Å². The number of methoxy groups -OCH3 is 1. The largest absolute Gasteiger partial charge is 0.497 e. The molecule has 1 N–H and O–H groups in total. The SMILES string of the molecule is COc1ccc(Br)c(CC2CCN(Cc3cc(=O)n(Cc4ccccc4)c(=O)[nH]3)C2)c1. The Balaban J connectivity index is 1.40. The summed E-state index contributed by atoms with van der Waals surface area (Å²) in [5.41, 5.74) is 2.21. The highest BCUT2D eigenvalue weighted by Crippen LogP contribution is 2.28. The van der Waals surface area contributed by atoms with Crippen molar-refractivity contribution in [2.45, 2.75) is 25.9 Å². The van der Waals surface area contributed by atoms with Gasteiger partial charge in [-0.3, -0.25) is 14.3 Å². The maximum Gasteiger partial charge on any atom is 0.328 e. The Labute approximate surface area is 189 Å². The summed E-state index contributed by atoms with van der Waals surface area (Å²) in [7, 11) is 1.68. The van der Waals surface area contributed by atoms with Crippen LogP contribution in [0.5, 0.6) is 5.75 Å². The third-order valence-corrected chi connectivity index (χ3v) is 6.56. The molecule has 0 amide bonds. The molecule has 0 radical (unpaired) electrons. The molecule has 2 aromatic carbocycles. The average molecular weight is 484 g/mol. The van der Waals surface area contributed by atoms with Crippen molar-refractivity contribution >= 4 is 15.9 Å². The lowest BCUT2D eigenvalue weighted by Gasteiger charge is -2.17. The van der Waals surface area contributed by atoms with E-state index in [4.69, 9.17) is 4.74 Å². The summed E-state index contributed by atoms with van der Waals surface area (Å²) in [5, 5.41) is 0. The van der Waals surface area contributed by atoms with Gasteiger partial charge in [-0.1, -0.05) is 46.3 Å². The number of benzene rings is 2. The van der Waals surface area contributed by atoms with Crippen LogP contribution in [-0.4, -0.2) is 34.7 Å². The van der Waals surface area contributed by atoms with E-state index in [1.807, 2.05) is 42.5 Å². The molecule has 0 saturated carbocycles. The van der Waals surface area contributed by atoms with Gasteiger partial charge in [-0.2, -0.15) is 0 Å². The van der Waals surface area contributed by atoms with Crippen LogP contribution in [-0.2, 0) is 19.5 Å². The molecule has 1 saturated heterocycles. The predicted molar refractivity (Wildman–Crippen MR) is 125 cm³/mol. The van der Waals surface area contributed by atoms with Crippen molar-refractivity contribution in [3.05, 3.63) is 96.7 Å². The first-order valence-corrected chi connectivity index (χ1v) is 11.2. The molecule has 31 heavy (non-hydrogen) atoms. The molecule has 0 spiro atoms. The third kappa shape index (κ3) is 5.35. The van der Waals surface area contributed by atoms with E-state index in [1.54, 1.807) is 13.2 Å². The van der Waals surface area contributed by atoms with Crippen molar-refractivity contribution in [3.8, 4) is 5.75 Å². The number of rotatable bonds is 7. The summed E-state index contributed by atoms with van der Waals surface area (Å²) in [4.78, 5) is 30.3. The predicted octanol–water partition coefficient (Wildman–Crippen LogP) is 3.42. The minimum absolute atomic E-state index is 0.265. The molecular formula is C24H26BrN3O3. The van der Waals surface area contributed by atoms with Gasteiger partial charge in [0.25, 0.3) is 5.56 Å². The molecule has 1 aromatic heterocycles. The minimum atomic E-state index is -0.359. The Morgan fingerprint density at radius 3 is 2.65 bits per heavy atom. The van der Waals surface area contributed by atoms with Crippen LogP contribution < -0.4 is 16.0 Å². The van der Waals surface area contributed by atoms with Crippen LogP contribution in [0, 0.1) is 5.92 Å². The van der Waals surface area contributed by atoms with E-state index >= 15 is 0 Å². The van der Waals surface area contributed by atoms with Crippen molar-refractivity contribution in [2.75, 3.05) is 20.2 Å². The Morgan fingerprint density at radius 2 is 1.90 bits per heavy atom. The Kier molecular flexibility index (Phi) is 6.73. The Morgan fingerprint density at radius 1 is 1.10 bits per heavy atom. The molecule has 6 nitrogen and oxygen atoms in total. The van der Waals surface area contributed by atoms with Gasteiger partial charge in [0.1, 0.15) is 5.75 Å². The number of aromatic amines is 1. The smallest absolute Gasteiger partial charge is 0.328 e. The molecule has 7 heteroatoms. The molecule has 0 bridgehead atoms. The fourth-order valence-electron chi connectivity index (χ4n) is 4.18. The maximum atomic E-state index is 12.5. The molecule has 1 aliphatic heterocycles. The van der Waals surface area contributed by atoms with E-state index in [0.29, 0.717) is 18.2 Å². The third-order valence-electron chi connectivity index (χ3n) is 5.79. The molecular weight excluding hydrogens is 458 g/mol. The number of aromatic nitrogens is 2. The maximum absolute atomic E-state index is 12.5. The van der Waals surface area contributed by atoms with Crippen LogP contribution in [0.1, 0.15) is 23.2 Å². The monoisotopic (exact) mass is 483 g/mol. The molecule has 0 aliphatic carbocycles. The Bertz CT molecular complexity index is 1130. The second kappa shape index (κ2) is 9.66. The minimum Gasteiger partial charge on any atom is -0.497 e. The summed E-state index contributed by atoms with van der Waals surface area (Å²) < 4.78 is 7.68. The highest BCUT2D eigenvalue weighted by molar-refractivity contribution is 9.10.